The van der Waals surface area contributed by atoms with Crippen molar-refractivity contribution < 1.29 is 13.6 Å². The average molecular weight is 281 g/mol. The topological polar surface area (TPSA) is 29.1 Å². The Kier molecular flexibility index (Phi) is 5.10. The van der Waals surface area contributed by atoms with Crippen LogP contribution in [0.5, 0.6) is 0 Å². The highest BCUT2D eigenvalue weighted by Crippen LogP contribution is 2.38. The van der Waals surface area contributed by atoms with Crippen molar-refractivity contribution in [3.05, 3.63) is 29.3 Å². The van der Waals surface area contributed by atoms with Gasteiger partial charge in [-0.1, -0.05) is 45.4 Å². The molecule has 0 saturated heterocycles. The van der Waals surface area contributed by atoms with Gasteiger partial charge in [-0.15, -0.1) is 0 Å². The molecule has 0 fully saturated rings. The molecule has 1 aliphatic heterocycles. The number of rotatable bonds is 7. The predicted molar refractivity (Wildman–Crippen MR) is 75.7 cm³/mol. The molecule has 0 saturated carbocycles. The fourth-order valence-electron chi connectivity index (χ4n) is 2.77. The van der Waals surface area contributed by atoms with Gasteiger partial charge in [-0.3, -0.25) is 4.79 Å². The summed E-state index contributed by atoms with van der Waals surface area (Å²) in [5, 5.41) is 2.52. The highest BCUT2D eigenvalue weighted by Gasteiger charge is 2.32. The molecule has 4 heteroatoms. The Morgan fingerprint density at radius 3 is 2.55 bits per heavy atom. The van der Waals surface area contributed by atoms with Crippen LogP contribution < -0.4 is 5.32 Å². The molecule has 1 heterocycles. The van der Waals surface area contributed by atoms with Crippen molar-refractivity contribution in [3.8, 4) is 0 Å². The van der Waals surface area contributed by atoms with Gasteiger partial charge in [-0.05, 0) is 18.1 Å². The number of hydrogen-bond acceptors (Lipinski definition) is 1. The van der Waals surface area contributed by atoms with Crippen molar-refractivity contribution in [2.75, 3.05) is 5.32 Å². The maximum Gasteiger partial charge on any atom is 0.232 e. The van der Waals surface area contributed by atoms with Crippen LogP contribution in [0.25, 0.3) is 0 Å². The lowest BCUT2D eigenvalue weighted by Gasteiger charge is -2.08. The third-order valence-electron chi connectivity index (χ3n) is 3.87. The van der Waals surface area contributed by atoms with Gasteiger partial charge in [0.1, 0.15) is 11.6 Å². The number of unbranched alkanes of at least 4 members (excludes halogenated alkanes) is 5. The molecule has 2 rings (SSSR count). The van der Waals surface area contributed by atoms with Crippen LogP contribution in [0.1, 0.15) is 63.4 Å². The molecule has 1 N–H and O–H groups in total. The maximum absolute atomic E-state index is 13.6. The Balaban J connectivity index is 1.92. The van der Waals surface area contributed by atoms with Crippen LogP contribution in [0.2, 0.25) is 0 Å². The first-order valence-electron chi connectivity index (χ1n) is 7.43. The summed E-state index contributed by atoms with van der Waals surface area (Å²) in [4.78, 5) is 11.9. The molecule has 0 aromatic heterocycles. The van der Waals surface area contributed by atoms with Gasteiger partial charge in [0.2, 0.25) is 5.91 Å². The second-order valence-corrected chi connectivity index (χ2v) is 5.45. The Morgan fingerprint density at radius 2 is 1.80 bits per heavy atom. The molecule has 0 bridgehead atoms. The molecule has 20 heavy (non-hydrogen) atoms. The zero-order valence-corrected chi connectivity index (χ0v) is 11.8. The van der Waals surface area contributed by atoms with Crippen LogP contribution in [0, 0.1) is 11.6 Å². The number of benzene rings is 1. The lowest BCUT2D eigenvalue weighted by molar-refractivity contribution is -0.117. The molecule has 2 nitrogen and oxygen atoms in total. The van der Waals surface area contributed by atoms with Crippen molar-refractivity contribution in [2.45, 2.75) is 57.8 Å². The maximum atomic E-state index is 13.6. The SMILES string of the molecule is CCCCCCCCC1C(=O)Nc2c(F)cc(F)cc21. The molecule has 1 aliphatic rings. The minimum absolute atomic E-state index is 0.160. The quantitative estimate of drug-likeness (QED) is 0.718. The summed E-state index contributed by atoms with van der Waals surface area (Å²) in [6.07, 6.45) is 7.46. The van der Waals surface area contributed by atoms with Gasteiger partial charge in [0.25, 0.3) is 0 Å². The van der Waals surface area contributed by atoms with Gasteiger partial charge in [-0.25, -0.2) is 8.78 Å². The van der Waals surface area contributed by atoms with E-state index in [0.29, 0.717) is 12.0 Å². The first-order valence-corrected chi connectivity index (χ1v) is 7.43. The summed E-state index contributed by atoms with van der Waals surface area (Å²) in [5.74, 6) is -1.91. The fourth-order valence-corrected chi connectivity index (χ4v) is 2.77. The smallest absolute Gasteiger partial charge is 0.232 e. The number of carbonyl (C=O) groups is 1. The van der Waals surface area contributed by atoms with Crippen LogP contribution in [0.3, 0.4) is 0 Å². The van der Waals surface area contributed by atoms with Crippen LogP contribution in [-0.2, 0) is 4.79 Å². The number of carbonyl (C=O) groups excluding carboxylic acids is 1. The summed E-state index contributed by atoms with van der Waals surface area (Å²) in [6.45, 7) is 2.17. The highest BCUT2D eigenvalue weighted by molar-refractivity contribution is 6.02. The van der Waals surface area contributed by atoms with E-state index < -0.39 is 17.6 Å². The normalized spacial score (nSPS) is 17.1. The van der Waals surface area contributed by atoms with Crippen molar-refractivity contribution in [1.29, 1.82) is 0 Å². The minimum atomic E-state index is -0.682. The summed E-state index contributed by atoms with van der Waals surface area (Å²) >= 11 is 0. The Morgan fingerprint density at radius 1 is 1.10 bits per heavy atom. The van der Waals surface area contributed by atoms with Gasteiger partial charge in [0, 0.05) is 6.07 Å². The molecule has 1 atom stereocenters. The lowest BCUT2D eigenvalue weighted by Crippen LogP contribution is -2.12. The van der Waals surface area contributed by atoms with Crippen LogP contribution in [0.15, 0.2) is 12.1 Å². The summed E-state index contributed by atoms with van der Waals surface area (Å²) in [5.41, 5.74) is 0.633. The van der Waals surface area contributed by atoms with Crippen molar-refractivity contribution in [1.82, 2.24) is 0 Å². The molecule has 0 spiro atoms. The van der Waals surface area contributed by atoms with Gasteiger partial charge in [0.15, 0.2) is 0 Å². The molecule has 1 amide bonds. The number of nitrogens with one attached hydrogen (secondary N) is 1. The van der Waals surface area contributed by atoms with Crippen molar-refractivity contribution >= 4 is 11.6 Å². The second kappa shape index (κ2) is 6.82. The van der Waals surface area contributed by atoms with E-state index in [2.05, 4.69) is 12.2 Å². The fraction of sp³-hybridized carbons (Fsp3) is 0.562. The molecule has 0 aliphatic carbocycles. The van der Waals surface area contributed by atoms with Crippen LogP contribution in [0.4, 0.5) is 14.5 Å². The number of halogens is 2. The third-order valence-corrected chi connectivity index (χ3v) is 3.87. The first kappa shape index (κ1) is 14.9. The van der Waals surface area contributed by atoms with Crippen molar-refractivity contribution in [2.24, 2.45) is 0 Å². The monoisotopic (exact) mass is 281 g/mol. The molecule has 1 unspecified atom stereocenters. The summed E-state index contributed by atoms with van der Waals surface area (Å²) in [6, 6.07) is 2.09. The van der Waals surface area contributed by atoms with E-state index in [0.717, 1.165) is 25.3 Å². The Bertz CT molecular complexity index is 488. The average Bonchev–Trinajstić information content (AvgIpc) is 2.71. The van der Waals surface area contributed by atoms with Gasteiger partial charge in [-0.2, -0.15) is 0 Å². The second-order valence-electron chi connectivity index (χ2n) is 5.45. The van der Waals surface area contributed by atoms with E-state index in [1.54, 1.807) is 0 Å². The highest BCUT2D eigenvalue weighted by atomic mass is 19.1. The number of amides is 1. The first-order chi connectivity index (χ1) is 9.63. The summed E-state index contributed by atoms with van der Waals surface area (Å²) in [7, 11) is 0. The molecular formula is C16H21F2NO. The third kappa shape index (κ3) is 3.35. The molecule has 1 aromatic rings. The van der Waals surface area contributed by atoms with E-state index in [1.807, 2.05) is 0 Å². The van der Waals surface area contributed by atoms with Crippen molar-refractivity contribution in [3.63, 3.8) is 0 Å². The van der Waals surface area contributed by atoms with Gasteiger partial charge in [0.05, 0.1) is 11.6 Å². The molecule has 110 valence electrons. The zero-order valence-electron chi connectivity index (χ0n) is 11.8. The van der Waals surface area contributed by atoms with E-state index in [-0.39, 0.29) is 11.6 Å². The molecular weight excluding hydrogens is 260 g/mol. The number of fused-ring (bicyclic) bond motifs is 1. The standard InChI is InChI=1S/C16H21F2NO/c1-2-3-4-5-6-7-8-12-13-9-11(17)10-14(18)15(13)19-16(12)20/h9-10,12H,2-8H2,1H3,(H,19,20). The Labute approximate surface area is 118 Å². The Hall–Kier alpha value is -1.45. The van der Waals surface area contributed by atoms with E-state index in [9.17, 15) is 13.6 Å². The van der Waals surface area contributed by atoms with Gasteiger partial charge >= 0.3 is 0 Å². The molecule has 1 aromatic carbocycles. The van der Waals surface area contributed by atoms with E-state index >= 15 is 0 Å². The minimum Gasteiger partial charge on any atom is -0.323 e. The van der Waals surface area contributed by atoms with Gasteiger partial charge < -0.3 is 5.32 Å². The largest absolute Gasteiger partial charge is 0.323 e. The van der Waals surface area contributed by atoms with Crippen LogP contribution in [-0.4, -0.2) is 5.91 Å². The predicted octanol–water partition coefficient (Wildman–Crippen LogP) is 4.75. The number of anilines is 1. The summed E-state index contributed by atoms with van der Waals surface area (Å²) < 4.78 is 26.8. The molecule has 0 radical (unpaired) electrons. The van der Waals surface area contributed by atoms with Crippen LogP contribution >= 0.6 is 0 Å². The van der Waals surface area contributed by atoms with E-state index in [4.69, 9.17) is 0 Å². The lowest BCUT2D eigenvalue weighted by atomic mass is 9.94. The number of hydrogen-bond donors (Lipinski definition) is 1. The zero-order chi connectivity index (χ0) is 14.5. The van der Waals surface area contributed by atoms with E-state index in [1.165, 1.54) is 25.3 Å².